The summed E-state index contributed by atoms with van der Waals surface area (Å²) in [6, 6.07) is 7.29. The van der Waals surface area contributed by atoms with Crippen LogP contribution in [0.5, 0.6) is 5.75 Å². The Hall–Kier alpha value is -2.83. The molecule has 7 nitrogen and oxygen atoms in total. The maximum absolute atomic E-state index is 13.4. The number of carbonyl (C=O) groups excluding carboxylic acids is 2. The quantitative estimate of drug-likeness (QED) is 0.723. The van der Waals surface area contributed by atoms with E-state index in [0.29, 0.717) is 36.7 Å². The van der Waals surface area contributed by atoms with E-state index in [1.54, 1.807) is 17.1 Å². The third kappa shape index (κ3) is 5.69. The van der Waals surface area contributed by atoms with Gasteiger partial charge in [-0.2, -0.15) is 0 Å². The number of hydrogen-bond acceptors (Lipinski definition) is 4. The molecule has 7 heteroatoms. The number of imidazole rings is 1. The first-order chi connectivity index (χ1) is 15.4. The Morgan fingerprint density at radius 2 is 1.88 bits per heavy atom. The minimum atomic E-state index is -0.127. The fourth-order valence-electron chi connectivity index (χ4n) is 4.19. The Bertz CT molecular complexity index is 908. The van der Waals surface area contributed by atoms with E-state index in [4.69, 9.17) is 4.74 Å². The highest BCUT2D eigenvalue weighted by atomic mass is 16.5. The zero-order valence-corrected chi connectivity index (χ0v) is 19.8. The number of aromatic nitrogens is 2. The number of benzene rings is 1. The zero-order valence-electron chi connectivity index (χ0n) is 19.8. The molecule has 2 aromatic rings. The Kier molecular flexibility index (Phi) is 8.31. The molecule has 0 saturated heterocycles. The van der Waals surface area contributed by atoms with Gasteiger partial charge in [-0.15, -0.1) is 0 Å². The van der Waals surface area contributed by atoms with E-state index in [0.717, 1.165) is 32.2 Å². The summed E-state index contributed by atoms with van der Waals surface area (Å²) in [4.78, 5) is 34.7. The van der Waals surface area contributed by atoms with E-state index >= 15 is 0 Å². The molecule has 0 N–H and O–H groups in total. The van der Waals surface area contributed by atoms with Crippen molar-refractivity contribution in [2.75, 3.05) is 26.2 Å². The van der Waals surface area contributed by atoms with Crippen molar-refractivity contribution >= 4 is 11.8 Å². The summed E-state index contributed by atoms with van der Waals surface area (Å²) in [7, 11) is 1.86. The molecule has 1 aromatic carbocycles. The lowest BCUT2D eigenvalue weighted by atomic mass is 10.0. The number of aryl methyl sites for hydroxylation is 1. The van der Waals surface area contributed by atoms with Crippen LogP contribution in [0.1, 0.15) is 67.3 Å². The van der Waals surface area contributed by atoms with Crippen molar-refractivity contribution in [1.82, 2.24) is 19.4 Å². The van der Waals surface area contributed by atoms with E-state index < -0.39 is 0 Å². The molecule has 2 amide bonds. The lowest BCUT2D eigenvalue weighted by molar-refractivity contribution is 0.0516. The van der Waals surface area contributed by atoms with Crippen LogP contribution in [-0.2, 0) is 7.05 Å². The molecule has 1 atom stereocenters. The molecule has 1 aliphatic rings. The van der Waals surface area contributed by atoms with Gasteiger partial charge in [-0.3, -0.25) is 9.59 Å². The van der Waals surface area contributed by atoms with Crippen LogP contribution in [0.2, 0.25) is 0 Å². The Morgan fingerprint density at radius 1 is 1.16 bits per heavy atom. The molecule has 0 bridgehead atoms. The van der Waals surface area contributed by atoms with Crippen LogP contribution >= 0.6 is 0 Å². The van der Waals surface area contributed by atoms with E-state index in [1.165, 1.54) is 0 Å². The number of carbonyl (C=O) groups is 2. The molecule has 32 heavy (non-hydrogen) atoms. The summed E-state index contributed by atoms with van der Waals surface area (Å²) < 4.78 is 8.02. The van der Waals surface area contributed by atoms with E-state index in [2.05, 4.69) is 18.8 Å². The van der Waals surface area contributed by atoms with Gasteiger partial charge in [0.15, 0.2) is 0 Å². The van der Waals surface area contributed by atoms with E-state index in [1.807, 2.05) is 48.0 Å². The van der Waals surface area contributed by atoms with Gasteiger partial charge < -0.3 is 19.1 Å². The van der Waals surface area contributed by atoms with Crippen LogP contribution in [0.15, 0.2) is 36.8 Å². The summed E-state index contributed by atoms with van der Waals surface area (Å²) in [6.45, 7) is 8.62. The largest absolute Gasteiger partial charge is 0.491 e. The lowest BCUT2D eigenvalue weighted by Gasteiger charge is -2.34. The lowest BCUT2D eigenvalue weighted by Crippen LogP contribution is -2.47. The highest BCUT2D eigenvalue weighted by Gasteiger charge is 2.30. The number of nitrogens with zero attached hydrogens (tertiary/aromatic N) is 4. The van der Waals surface area contributed by atoms with Gasteiger partial charge >= 0.3 is 0 Å². The molecule has 174 valence electrons. The van der Waals surface area contributed by atoms with Crippen LogP contribution < -0.4 is 4.74 Å². The first kappa shape index (κ1) is 23.8. The van der Waals surface area contributed by atoms with Gasteiger partial charge in [0.25, 0.3) is 11.8 Å². The second kappa shape index (κ2) is 11.2. The molecular weight excluding hydrogens is 404 g/mol. The van der Waals surface area contributed by atoms with Crippen LogP contribution in [0, 0.1) is 5.92 Å². The third-order valence-electron chi connectivity index (χ3n) is 6.13. The van der Waals surface area contributed by atoms with E-state index in [9.17, 15) is 9.59 Å². The van der Waals surface area contributed by atoms with Gasteiger partial charge in [-0.25, -0.2) is 4.98 Å². The molecule has 2 heterocycles. The van der Waals surface area contributed by atoms with Crippen LogP contribution in [-0.4, -0.2) is 63.4 Å². The maximum atomic E-state index is 13.4. The fraction of sp³-hybridized carbons (Fsp3) is 0.560. The Morgan fingerprint density at radius 3 is 2.53 bits per heavy atom. The highest BCUT2D eigenvalue weighted by Crippen LogP contribution is 2.24. The van der Waals surface area contributed by atoms with Gasteiger partial charge in [0.2, 0.25) is 0 Å². The molecular formula is C25H36N4O3. The average Bonchev–Trinajstić information content (AvgIpc) is 3.22. The van der Waals surface area contributed by atoms with Crippen molar-refractivity contribution in [3.63, 3.8) is 0 Å². The number of para-hydroxylation sites is 1. The van der Waals surface area contributed by atoms with Crippen LogP contribution in [0.25, 0.3) is 0 Å². The third-order valence-corrected chi connectivity index (χ3v) is 6.13. The smallest absolute Gasteiger partial charge is 0.274 e. The van der Waals surface area contributed by atoms with Gasteiger partial charge in [-0.1, -0.05) is 38.8 Å². The first-order valence-corrected chi connectivity index (χ1v) is 11.7. The zero-order chi connectivity index (χ0) is 23.1. The Balaban J connectivity index is 1.91. The maximum Gasteiger partial charge on any atom is 0.274 e. The topological polar surface area (TPSA) is 67.7 Å². The molecule has 0 radical (unpaired) electrons. The van der Waals surface area contributed by atoms with Gasteiger partial charge in [0, 0.05) is 32.9 Å². The number of amides is 2. The van der Waals surface area contributed by atoms with Gasteiger partial charge in [-0.05, 0) is 37.8 Å². The summed E-state index contributed by atoms with van der Waals surface area (Å²) >= 11 is 0. The monoisotopic (exact) mass is 440 g/mol. The van der Waals surface area contributed by atoms with E-state index in [-0.39, 0.29) is 23.8 Å². The Labute approximate surface area is 191 Å². The van der Waals surface area contributed by atoms with Crippen molar-refractivity contribution in [3.8, 4) is 5.75 Å². The minimum Gasteiger partial charge on any atom is -0.491 e. The molecule has 0 fully saturated rings. The minimum absolute atomic E-state index is 0.00248. The summed E-state index contributed by atoms with van der Waals surface area (Å²) in [5.41, 5.74) is 1.03. The molecule has 0 unspecified atom stereocenters. The van der Waals surface area contributed by atoms with Gasteiger partial charge in [0.05, 0.1) is 17.9 Å². The molecule has 0 spiro atoms. The number of fused-ring (bicyclic) bond motifs is 1. The van der Waals surface area contributed by atoms with Crippen LogP contribution in [0.3, 0.4) is 0 Å². The molecule has 1 aromatic heterocycles. The molecule has 1 aliphatic heterocycles. The highest BCUT2D eigenvalue weighted by molar-refractivity contribution is 5.97. The molecule has 0 aliphatic carbocycles. The first-order valence-electron chi connectivity index (χ1n) is 11.7. The average molecular weight is 441 g/mol. The number of hydrogen-bond donors (Lipinski definition) is 0. The SMILES string of the molecule is CCN1CCCCCCN(C(=O)c2cn(C)cn2)[C@@H](C(C)C)COc2ccccc2C1=O. The predicted octanol–water partition coefficient (Wildman–Crippen LogP) is 4.00. The molecule has 3 rings (SSSR count). The second-order valence-electron chi connectivity index (χ2n) is 8.84. The van der Waals surface area contributed by atoms with Crippen molar-refractivity contribution < 1.29 is 14.3 Å². The van der Waals surface area contributed by atoms with Crippen molar-refractivity contribution in [2.24, 2.45) is 13.0 Å². The van der Waals surface area contributed by atoms with Gasteiger partial charge in [0.1, 0.15) is 18.1 Å². The van der Waals surface area contributed by atoms with Crippen molar-refractivity contribution in [1.29, 1.82) is 0 Å². The van der Waals surface area contributed by atoms with Crippen LogP contribution in [0.4, 0.5) is 0 Å². The standard InChI is InChI=1S/C25H36N4O3/c1-5-28-14-10-6-7-11-15-29(25(31)21-16-27(4)18-26-21)22(19(2)3)17-32-23-13-9-8-12-20(23)24(28)30/h8-9,12-13,16,18-19,22H,5-7,10-11,14-15,17H2,1-4H3/t22-/m1/s1. The predicted molar refractivity (Wildman–Crippen MR) is 125 cm³/mol. The summed E-state index contributed by atoms with van der Waals surface area (Å²) in [6.07, 6.45) is 7.32. The normalized spacial score (nSPS) is 18.8. The fourth-order valence-corrected chi connectivity index (χ4v) is 4.19. The number of rotatable bonds is 3. The molecule has 0 saturated carbocycles. The van der Waals surface area contributed by atoms with Crippen molar-refractivity contribution in [2.45, 2.75) is 52.5 Å². The van der Waals surface area contributed by atoms with Crippen molar-refractivity contribution in [3.05, 3.63) is 48.0 Å². The number of ether oxygens (including phenoxy) is 1. The summed E-state index contributed by atoms with van der Waals surface area (Å²) in [5, 5.41) is 0. The second-order valence-corrected chi connectivity index (χ2v) is 8.84. The summed E-state index contributed by atoms with van der Waals surface area (Å²) in [5.74, 6) is 0.693.